The van der Waals surface area contributed by atoms with Gasteiger partial charge in [0.2, 0.25) is 0 Å². The fourth-order valence-corrected chi connectivity index (χ4v) is 7.18. The van der Waals surface area contributed by atoms with Crippen molar-refractivity contribution in [2.24, 2.45) is 3.77 Å². The maximum atomic E-state index is 13.7. The fraction of sp³-hybridized carbons (Fsp3) is 0.0556. The molecule has 0 N–H and O–H groups in total. The third-order valence-electron chi connectivity index (χ3n) is 3.62. The van der Waals surface area contributed by atoms with Crippen LogP contribution in [0.15, 0.2) is 67.5 Å². The first-order chi connectivity index (χ1) is 13.6. The van der Waals surface area contributed by atoms with Crippen LogP contribution in [0.5, 0.6) is 11.5 Å². The van der Waals surface area contributed by atoms with Gasteiger partial charge in [-0.05, 0) is 48.5 Å². The highest BCUT2D eigenvalue weighted by atomic mass is 35.5. The van der Waals surface area contributed by atoms with Gasteiger partial charge >= 0.3 is 0 Å². The van der Waals surface area contributed by atoms with E-state index in [0.29, 0.717) is 0 Å². The van der Waals surface area contributed by atoms with Crippen molar-refractivity contribution in [2.45, 2.75) is 9.10 Å². The molecule has 0 fully saturated rings. The van der Waals surface area contributed by atoms with Crippen LogP contribution in [-0.4, -0.2) is 18.9 Å². The van der Waals surface area contributed by atoms with E-state index < -0.39 is 25.6 Å². The lowest BCUT2D eigenvalue weighted by Gasteiger charge is -2.09. The van der Waals surface area contributed by atoms with Crippen molar-refractivity contribution in [2.75, 3.05) is 6.26 Å². The highest BCUT2D eigenvalue weighted by Crippen LogP contribution is 2.30. The zero-order chi connectivity index (χ0) is 21.2. The summed E-state index contributed by atoms with van der Waals surface area (Å²) in [7, 11) is -7.43. The van der Waals surface area contributed by atoms with Crippen LogP contribution in [0.1, 0.15) is 5.56 Å². The molecule has 0 bridgehead atoms. The predicted octanol–water partition coefficient (Wildman–Crippen LogP) is 5.05. The molecule has 0 aliphatic carbocycles. The summed E-state index contributed by atoms with van der Waals surface area (Å²) in [5, 5.41) is 9.05. The molecule has 2 aromatic carbocycles. The summed E-state index contributed by atoms with van der Waals surface area (Å²) in [6, 6.07) is 14.1. The topological polar surface area (TPSA) is 96.6 Å². The quantitative estimate of drug-likeness (QED) is 0.519. The van der Waals surface area contributed by atoms with Gasteiger partial charge in [-0.15, -0.1) is 15.1 Å². The highest BCUT2D eigenvalue weighted by molar-refractivity contribution is 8.03. The van der Waals surface area contributed by atoms with Crippen LogP contribution in [0.25, 0.3) is 0 Å². The van der Waals surface area contributed by atoms with Crippen LogP contribution in [0.4, 0.5) is 4.39 Å². The molecular weight excluding hydrogens is 459 g/mol. The van der Waals surface area contributed by atoms with Gasteiger partial charge < -0.3 is 4.74 Å². The van der Waals surface area contributed by atoms with Crippen LogP contribution in [0.3, 0.4) is 0 Å². The number of sulfonamides is 1. The van der Waals surface area contributed by atoms with E-state index in [1.807, 2.05) is 0 Å². The van der Waals surface area contributed by atoms with Crippen LogP contribution in [-0.2, 0) is 19.8 Å². The molecule has 6 nitrogen and oxygen atoms in total. The molecule has 1 heterocycles. The average molecular weight is 471 g/mol. The maximum Gasteiger partial charge on any atom is 0.299 e. The lowest BCUT2D eigenvalue weighted by Crippen LogP contribution is -2.03. The van der Waals surface area contributed by atoms with Gasteiger partial charge in [0.25, 0.3) is 10.0 Å². The number of nitriles is 1. The van der Waals surface area contributed by atoms with Crippen molar-refractivity contribution in [1.82, 2.24) is 0 Å². The van der Waals surface area contributed by atoms with Crippen LogP contribution in [0.2, 0.25) is 4.34 Å². The van der Waals surface area contributed by atoms with Gasteiger partial charge in [0.1, 0.15) is 33.2 Å². The largest absolute Gasteiger partial charge is 0.456 e. The van der Waals surface area contributed by atoms with Crippen molar-refractivity contribution in [3.05, 3.63) is 70.3 Å². The van der Waals surface area contributed by atoms with Gasteiger partial charge in [-0.1, -0.05) is 17.7 Å². The SMILES string of the molecule is CS(=O)(=NS(=O)(=O)c1ccc(Cl)s1)c1ccc(Oc2cccc(F)c2C#N)cc1. The van der Waals surface area contributed by atoms with Crippen molar-refractivity contribution in [1.29, 1.82) is 5.26 Å². The molecule has 1 aromatic heterocycles. The molecule has 0 spiro atoms. The van der Waals surface area contributed by atoms with Crippen LogP contribution in [0, 0.1) is 17.1 Å². The summed E-state index contributed by atoms with van der Waals surface area (Å²) >= 11 is 6.57. The molecule has 1 unspecified atom stereocenters. The van der Waals surface area contributed by atoms with E-state index in [9.17, 15) is 17.0 Å². The van der Waals surface area contributed by atoms with E-state index in [0.717, 1.165) is 17.4 Å². The van der Waals surface area contributed by atoms with E-state index in [1.54, 1.807) is 6.07 Å². The summed E-state index contributed by atoms with van der Waals surface area (Å²) in [6.07, 6.45) is 1.20. The highest BCUT2D eigenvalue weighted by Gasteiger charge is 2.20. The number of benzene rings is 2. The Labute approximate surface area is 176 Å². The molecule has 3 rings (SSSR count). The van der Waals surface area contributed by atoms with Crippen molar-refractivity contribution in [3.8, 4) is 17.6 Å². The van der Waals surface area contributed by atoms with E-state index in [2.05, 4.69) is 3.77 Å². The Morgan fingerprint density at radius 2 is 1.79 bits per heavy atom. The number of hydrogen-bond donors (Lipinski definition) is 0. The standard InChI is InChI=1S/C18H12ClFN2O4S3/c1-28(23,22-29(24,25)18-10-9-17(19)27-18)13-7-5-12(6-8-13)26-16-4-2-3-15(20)14(16)11-21/h2-10H,1H3. The summed E-state index contributed by atoms with van der Waals surface area (Å²) in [5.41, 5.74) is -0.244. The Balaban J connectivity index is 1.91. The van der Waals surface area contributed by atoms with Crippen LogP contribution < -0.4 is 4.74 Å². The van der Waals surface area contributed by atoms with Gasteiger partial charge in [-0.25, -0.2) is 8.60 Å². The molecule has 0 radical (unpaired) electrons. The molecular formula is C18H12ClFN2O4S3. The second-order valence-electron chi connectivity index (χ2n) is 5.71. The molecule has 0 aliphatic rings. The van der Waals surface area contributed by atoms with Crippen molar-refractivity contribution >= 4 is 42.7 Å². The Morgan fingerprint density at radius 3 is 2.38 bits per heavy atom. The van der Waals surface area contributed by atoms with Gasteiger partial charge in [-0.3, -0.25) is 0 Å². The first-order valence-corrected chi connectivity index (χ1v) is 12.4. The Morgan fingerprint density at radius 1 is 1.10 bits per heavy atom. The van der Waals surface area contributed by atoms with Gasteiger partial charge in [0, 0.05) is 11.2 Å². The fourth-order valence-electron chi connectivity index (χ4n) is 2.29. The average Bonchev–Trinajstić information content (AvgIpc) is 3.09. The molecule has 0 saturated heterocycles. The minimum Gasteiger partial charge on any atom is -0.456 e. The van der Waals surface area contributed by atoms with E-state index in [1.165, 1.54) is 54.8 Å². The smallest absolute Gasteiger partial charge is 0.299 e. The van der Waals surface area contributed by atoms with Crippen LogP contribution >= 0.6 is 22.9 Å². The molecule has 1 atom stereocenters. The number of rotatable bonds is 5. The van der Waals surface area contributed by atoms with Gasteiger partial charge in [-0.2, -0.15) is 13.7 Å². The Bertz CT molecular complexity index is 1340. The van der Waals surface area contributed by atoms with Crippen molar-refractivity contribution in [3.63, 3.8) is 0 Å². The number of nitrogens with zero attached hydrogens (tertiary/aromatic N) is 2. The van der Waals surface area contributed by atoms with Gasteiger partial charge in [0.15, 0.2) is 0 Å². The summed E-state index contributed by atoms with van der Waals surface area (Å²) in [4.78, 5) is 0.163. The first-order valence-electron chi connectivity index (χ1n) is 7.83. The minimum atomic E-state index is -4.14. The Hall–Kier alpha value is -2.45. The molecule has 0 saturated carbocycles. The lowest BCUT2D eigenvalue weighted by molar-refractivity contribution is 0.474. The van der Waals surface area contributed by atoms with E-state index in [-0.39, 0.29) is 30.5 Å². The molecule has 0 aliphatic heterocycles. The van der Waals surface area contributed by atoms with E-state index >= 15 is 0 Å². The summed E-state index contributed by atoms with van der Waals surface area (Å²) < 4.78 is 60.5. The second-order valence-corrected chi connectivity index (χ2v) is 11.7. The summed E-state index contributed by atoms with van der Waals surface area (Å²) in [5.74, 6) is -0.436. The predicted molar refractivity (Wildman–Crippen MR) is 109 cm³/mol. The zero-order valence-electron chi connectivity index (χ0n) is 14.7. The third kappa shape index (κ3) is 4.76. The lowest BCUT2D eigenvalue weighted by atomic mass is 10.2. The normalized spacial score (nSPS) is 13.3. The van der Waals surface area contributed by atoms with Gasteiger partial charge in [0.05, 0.1) is 14.1 Å². The van der Waals surface area contributed by atoms with E-state index in [4.69, 9.17) is 21.6 Å². The minimum absolute atomic E-state index is 0.0271. The molecule has 29 heavy (non-hydrogen) atoms. The molecule has 11 heteroatoms. The number of hydrogen-bond acceptors (Lipinski definition) is 6. The Kier molecular flexibility index (Phi) is 5.95. The number of ether oxygens (including phenoxy) is 1. The third-order valence-corrected chi connectivity index (χ3v) is 9.24. The maximum absolute atomic E-state index is 13.7. The zero-order valence-corrected chi connectivity index (χ0v) is 17.9. The molecule has 3 aromatic rings. The molecule has 0 amide bonds. The second kappa shape index (κ2) is 8.12. The monoisotopic (exact) mass is 470 g/mol. The summed E-state index contributed by atoms with van der Waals surface area (Å²) in [6.45, 7) is 0. The first kappa shape index (κ1) is 21.3. The number of halogens is 2. The molecule has 150 valence electrons. The number of thiophene rings is 1. The van der Waals surface area contributed by atoms with Crippen molar-refractivity contribution < 1.29 is 21.8 Å².